The van der Waals surface area contributed by atoms with Gasteiger partial charge in [0.15, 0.2) is 11.5 Å². The highest BCUT2D eigenvalue weighted by Gasteiger charge is 2.15. The third-order valence-electron chi connectivity index (χ3n) is 4.05. The van der Waals surface area contributed by atoms with E-state index in [1.165, 1.54) is 0 Å². The second kappa shape index (κ2) is 7.21. The Hall–Kier alpha value is -3.08. The second-order valence-corrected chi connectivity index (χ2v) is 5.74. The number of amides is 1. The number of aromatic nitrogens is 1. The van der Waals surface area contributed by atoms with Gasteiger partial charge >= 0.3 is 0 Å². The molecule has 5 heteroatoms. The number of benzene rings is 2. The van der Waals surface area contributed by atoms with Gasteiger partial charge in [-0.3, -0.25) is 4.79 Å². The Labute approximate surface area is 146 Å². The predicted molar refractivity (Wildman–Crippen MR) is 97.0 cm³/mol. The Balaban J connectivity index is 1.76. The number of hydrogen-bond acceptors (Lipinski definition) is 4. The van der Waals surface area contributed by atoms with Crippen molar-refractivity contribution >= 4 is 11.6 Å². The van der Waals surface area contributed by atoms with E-state index in [1.807, 2.05) is 63.2 Å². The number of carbonyl (C=O) groups is 1. The first-order chi connectivity index (χ1) is 12.1. The molecule has 0 spiro atoms. The molecule has 0 aliphatic carbocycles. The Morgan fingerprint density at radius 1 is 1.16 bits per heavy atom. The number of ether oxygens (including phenoxy) is 1. The molecule has 3 rings (SSSR count). The lowest BCUT2D eigenvalue weighted by atomic mass is 10.1. The maximum atomic E-state index is 12.4. The van der Waals surface area contributed by atoms with Gasteiger partial charge in [0, 0.05) is 17.3 Å². The normalized spacial score (nSPS) is 10.5. The minimum absolute atomic E-state index is 0.241. The van der Waals surface area contributed by atoms with Crippen LogP contribution in [0.25, 0.3) is 11.3 Å². The van der Waals surface area contributed by atoms with Gasteiger partial charge in [-0.2, -0.15) is 0 Å². The summed E-state index contributed by atoms with van der Waals surface area (Å²) in [5, 5.41) is 6.76. The first-order valence-corrected chi connectivity index (χ1v) is 8.16. The largest absolute Gasteiger partial charge is 0.494 e. The number of aryl methyl sites for hydroxylation is 1. The van der Waals surface area contributed by atoms with E-state index in [4.69, 9.17) is 9.26 Å². The highest BCUT2D eigenvalue weighted by atomic mass is 16.5. The van der Waals surface area contributed by atoms with Crippen LogP contribution < -0.4 is 10.1 Å². The number of anilines is 1. The first-order valence-electron chi connectivity index (χ1n) is 8.16. The van der Waals surface area contributed by atoms with Crippen LogP contribution in [0.1, 0.15) is 28.5 Å². The van der Waals surface area contributed by atoms with Gasteiger partial charge in [0.1, 0.15) is 5.75 Å². The highest BCUT2D eigenvalue weighted by molar-refractivity contribution is 6.03. The van der Waals surface area contributed by atoms with Crippen LogP contribution in [0.15, 0.2) is 53.1 Å². The van der Waals surface area contributed by atoms with Gasteiger partial charge in [0.05, 0.1) is 6.61 Å². The van der Waals surface area contributed by atoms with Crippen molar-refractivity contribution in [1.29, 1.82) is 0 Å². The molecule has 1 N–H and O–H groups in total. The van der Waals surface area contributed by atoms with Crippen molar-refractivity contribution in [1.82, 2.24) is 5.16 Å². The van der Waals surface area contributed by atoms with Crippen LogP contribution in [0, 0.1) is 13.8 Å². The number of hydrogen-bond donors (Lipinski definition) is 1. The molecule has 0 bridgehead atoms. The third-order valence-corrected chi connectivity index (χ3v) is 4.05. The molecule has 0 aliphatic heterocycles. The van der Waals surface area contributed by atoms with Gasteiger partial charge in [-0.1, -0.05) is 17.3 Å². The van der Waals surface area contributed by atoms with E-state index >= 15 is 0 Å². The predicted octanol–water partition coefficient (Wildman–Crippen LogP) is 4.61. The molecule has 5 nitrogen and oxygen atoms in total. The molecule has 0 aliphatic rings. The maximum Gasteiger partial charge on any atom is 0.277 e. The van der Waals surface area contributed by atoms with Crippen molar-refractivity contribution in [2.75, 3.05) is 11.9 Å². The molecular weight excluding hydrogens is 316 g/mol. The average Bonchev–Trinajstić information content (AvgIpc) is 3.10. The van der Waals surface area contributed by atoms with Gasteiger partial charge in [0.25, 0.3) is 5.91 Å². The number of nitrogens with zero attached hydrogens (tertiary/aromatic N) is 1. The van der Waals surface area contributed by atoms with Gasteiger partial charge in [0.2, 0.25) is 0 Å². The van der Waals surface area contributed by atoms with Crippen LogP contribution in [-0.2, 0) is 0 Å². The molecule has 0 fully saturated rings. The summed E-state index contributed by atoms with van der Waals surface area (Å²) in [4.78, 5) is 12.4. The van der Waals surface area contributed by atoms with Crippen LogP contribution in [-0.4, -0.2) is 17.7 Å². The summed E-state index contributed by atoms with van der Waals surface area (Å²) >= 11 is 0. The van der Waals surface area contributed by atoms with Gasteiger partial charge in [-0.15, -0.1) is 0 Å². The topological polar surface area (TPSA) is 64.4 Å². The summed E-state index contributed by atoms with van der Waals surface area (Å²) in [7, 11) is 0. The number of nitrogens with one attached hydrogen (secondary N) is 1. The quantitative estimate of drug-likeness (QED) is 0.739. The molecule has 0 unspecified atom stereocenters. The molecule has 128 valence electrons. The van der Waals surface area contributed by atoms with Gasteiger partial charge < -0.3 is 14.6 Å². The minimum atomic E-state index is -0.297. The molecule has 0 atom stereocenters. The summed E-state index contributed by atoms with van der Waals surface area (Å²) in [6.07, 6.45) is 0. The minimum Gasteiger partial charge on any atom is -0.494 e. The van der Waals surface area contributed by atoms with Crippen molar-refractivity contribution < 1.29 is 14.1 Å². The van der Waals surface area contributed by atoms with Crippen molar-refractivity contribution in [2.45, 2.75) is 20.8 Å². The molecule has 3 aromatic rings. The van der Waals surface area contributed by atoms with Crippen molar-refractivity contribution in [3.8, 4) is 17.1 Å². The van der Waals surface area contributed by atoms with E-state index in [2.05, 4.69) is 10.5 Å². The zero-order chi connectivity index (χ0) is 17.8. The van der Waals surface area contributed by atoms with E-state index in [-0.39, 0.29) is 11.6 Å². The number of rotatable bonds is 5. The molecule has 1 amide bonds. The van der Waals surface area contributed by atoms with E-state index in [0.717, 1.165) is 28.1 Å². The smallest absolute Gasteiger partial charge is 0.277 e. The Morgan fingerprint density at radius 2 is 1.92 bits per heavy atom. The lowest BCUT2D eigenvalue weighted by Gasteiger charge is -2.08. The average molecular weight is 336 g/mol. The van der Waals surface area contributed by atoms with Crippen LogP contribution in [0.5, 0.6) is 5.75 Å². The molecule has 0 saturated heterocycles. The second-order valence-electron chi connectivity index (χ2n) is 5.74. The third kappa shape index (κ3) is 3.71. The van der Waals surface area contributed by atoms with Crippen LogP contribution in [0.2, 0.25) is 0 Å². The van der Waals surface area contributed by atoms with Gasteiger partial charge in [-0.25, -0.2) is 0 Å². The Bertz CT molecular complexity index is 882. The monoisotopic (exact) mass is 336 g/mol. The van der Waals surface area contributed by atoms with Gasteiger partial charge in [-0.05, 0) is 62.2 Å². The van der Waals surface area contributed by atoms with Crippen molar-refractivity contribution in [3.63, 3.8) is 0 Å². The molecule has 0 radical (unpaired) electrons. The van der Waals surface area contributed by atoms with E-state index in [0.29, 0.717) is 12.4 Å². The first kappa shape index (κ1) is 16.8. The van der Waals surface area contributed by atoms with Crippen molar-refractivity contribution in [3.05, 3.63) is 65.4 Å². The standard InChI is InChI=1S/C20H20N2O3/c1-4-24-16-10-8-15(9-11-16)19-12-18(22-25-19)20(23)21-17-7-5-6-13(2)14(17)3/h5-12H,4H2,1-3H3,(H,21,23). The van der Waals surface area contributed by atoms with Crippen LogP contribution >= 0.6 is 0 Å². The SMILES string of the molecule is CCOc1ccc(-c2cc(C(=O)Nc3cccc(C)c3C)no2)cc1. The molecular formula is C20H20N2O3. The maximum absolute atomic E-state index is 12.4. The molecule has 1 heterocycles. The lowest BCUT2D eigenvalue weighted by Crippen LogP contribution is -2.13. The molecule has 0 saturated carbocycles. The molecule has 2 aromatic carbocycles. The van der Waals surface area contributed by atoms with E-state index in [9.17, 15) is 4.79 Å². The van der Waals surface area contributed by atoms with Crippen LogP contribution in [0.4, 0.5) is 5.69 Å². The Morgan fingerprint density at radius 3 is 2.64 bits per heavy atom. The van der Waals surface area contributed by atoms with Crippen LogP contribution in [0.3, 0.4) is 0 Å². The summed E-state index contributed by atoms with van der Waals surface area (Å²) in [5.74, 6) is 1.03. The zero-order valence-electron chi connectivity index (χ0n) is 14.5. The fraction of sp³-hybridized carbons (Fsp3) is 0.200. The summed E-state index contributed by atoms with van der Waals surface area (Å²) in [5.41, 5.74) is 4.00. The lowest BCUT2D eigenvalue weighted by molar-refractivity contribution is 0.101. The zero-order valence-corrected chi connectivity index (χ0v) is 14.5. The highest BCUT2D eigenvalue weighted by Crippen LogP contribution is 2.24. The summed E-state index contributed by atoms with van der Waals surface area (Å²) in [6, 6.07) is 14.9. The fourth-order valence-corrected chi connectivity index (χ4v) is 2.47. The summed E-state index contributed by atoms with van der Waals surface area (Å²) in [6.45, 7) is 6.53. The molecule has 25 heavy (non-hydrogen) atoms. The van der Waals surface area contributed by atoms with Crippen molar-refractivity contribution in [2.24, 2.45) is 0 Å². The Kier molecular flexibility index (Phi) is 4.84. The number of carbonyl (C=O) groups excluding carboxylic acids is 1. The fourth-order valence-electron chi connectivity index (χ4n) is 2.47. The van der Waals surface area contributed by atoms with E-state index in [1.54, 1.807) is 6.07 Å². The molecule has 1 aromatic heterocycles. The van der Waals surface area contributed by atoms with E-state index < -0.39 is 0 Å². The summed E-state index contributed by atoms with van der Waals surface area (Å²) < 4.78 is 10.7.